The highest BCUT2D eigenvalue weighted by molar-refractivity contribution is 5.83. The first-order valence-corrected chi connectivity index (χ1v) is 6.89. The number of carbonyl (C=O) groups is 1. The van der Waals surface area contributed by atoms with Crippen LogP contribution in [0.1, 0.15) is 11.1 Å². The van der Waals surface area contributed by atoms with Gasteiger partial charge in [-0.05, 0) is 29.3 Å². The van der Waals surface area contributed by atoms with E-state index in [9.17, 15) is 4.79 Å². The van der Waals surface area contributed by atoms with E-state index in [1.165, 1.54) is 10.9 Å². The van der Waals surface area contributed by atoms with Crippen LogP contribution in [0.25, 0.3) is 10.9 Å². The Balaban J connectivity index is 1.82. The molecule has 4 nitrogen and oxygen atoms in total. The number of aromatic nitrogens is 1. The number of aromatic amines is 1. The number of fused-ring (bicyclic) bond motifs is 1. The van der Waals surface area contributed by atoms with Crippen LogP contribution in [0.5, 0.6) is 0 Å². The molecule has 1 aromatic heterocycles. The standard InChI is InChI=1S/C17H17N3O/c18-17(21)10-12-4-1-2-6-15(12)20-11-13-5-3-7-16-14(13)8-9-19-16/h1-9,19-20H,10-11H2,(H2,18,21). The molecule has 106 valence electrons. The van der Waals surface area contributed by atoms with Crippen molar-refractivity contribution in [3.05, 3.63) is 65.9 Å². The van der Waals surface area contributed by atoms with Crippen molar-refractivity contribution in [3.63, 3.8) is 0 Å². The topological polar surface area (TPSA) is 70.9 Å². The number of hydrogen-bond acceptors (Lipinski definition) is 2. The van der Waals surface area contributed by atoms with Gasteiger partial charge >= 0.3 is 0 Å². The van der Waals surface area contributed by atoms with Gasteiger partial charge in [-0.2, -0.15) is 0 Å². The summed E-state index contributed by atoms with van der Waals surface area (Å²) in [6.07, 6.45) is 2.19. The van der Waals surface area contributed by atoms with Crippen LogP contribution in [0.15, 0.2) is 54.7 Å². The molecule has 0 aliphatic heterocycles. The lowest BCUT2D eigenvalue weighted by molar-refractivity contribution is -0.117. The van der Waals surface area contributed by atoms with Gasteiger partial charge in [-0.25, -0.2) is 0 Å². The van der Waals surface area contributed by atoms with Gasteiger partial charge in [0.25, 0.3) is 0 Å². The van der Waals surface area contributed by atoms with Gasteiger partial charge < -0.3 is 16.0 Å². The molecule has 0 spiro atoms. The van der Waals surface area contributed by atoms with Crippen LogP contribution < -0.4 is 11.1 Å². The van der Waals surface area contributed by atoms with Crippen molar-refractivity contribution in [3.8, 4) is 0 Å². The number of para-hydroxylation sites is 1. The molecule has 0 saturated heterocycles. The van der Waals surface area contributed by atoms with Crippen LogP contribution in [0.2, 0.25) is 0 Å². The first kappa shape index (κ1) is 13.2. The van der Waals surface area contributed by atoms with Crippen molar-refractivity contribution in [2.45, 2.75) is 13.0 Å². The van der Waals surface area contributed by atoms with Crippen molar-refractivity contribution in [2.24, 2.45) is 5.73 Å². The summed E-state index contributed by atoms with van der Waals surface area (Å²) in [6.45, 7) is 0.699. The molecule has 3 aromatic rings. The Kier molecular flexibility index (Phi) is 3.60. The lowest BCUT2D eigenvalue weighted by Gasteiger charge is -2.11. The number of primary amides is 1. The average molecular weight is 279 g/mol. The second-order valence-corrected chi connectivity index (χ2v) is 5.01. The second kappa shape index (κ2) is 5.71. The van der Waals surface area contributed by atoms with Gasteiger partial charge in [0.1, 0.15) is 0 Å². The van der Waals surface area contributed by atoms with Crippen molar-refractivity contribution in [1.29, 1.82) is 0 Å². The van der Waals surface area contributed by atoms with Crippen LogP contribution in [0.4, 0.5) is 5.69 Å². The van der Waals surface area contributed by atoms with E-state index in [0.717, 1.165) is 16.8 Å². The number of nitrogens with two attached hydrogens (primary N) is 1. The molecule has 0 aliphatic carbocycles. The van der Waals surface area contributed by atoms with Crippen LogP contribution in [0, 0.1) is 0 Å². The van der Waals surface area contributed by atoms with Gasteiger partial charge in [0, 0.05) is 29.3 Å². The van der Waals surface area contributed by atoms with Crippen molar-refractivity contribution in [2.75, 3.05) is 5.32 Å². The minimum atomic E-state index is -0.322. The minimum Gasteiger partial charge on any atom is -0.381 e. The number of rotatable bonds is 5. The summed E-state index contributed by atoms with van der Waals surface area (Å²) in [7, 11) is 0. The summed E-state index contributed by atoms with van der Waals surface area (Å²) in [5.41, 5.74) is 9.50. The molecule has 4 heteroatoms. The summed E-state index contributed by atoms with van der Waals surface area (Å²) < 4.78 is 0. The molecule has 1 amide bonds. The van der Waals surface area contributed by atoms with Gasteiger partial charge in [-0.3, -0.25) is 4.79 Å². The number of nitrogens with one attached hydrogen (secondary N) is 2. The highest BCUT2D eigenvalue weighted by atomic mass is 16.1. The molecule has 0 aliphatic rings. The maximum absolute atomic E-state index is 11.1. The third-order valence-corrected chi connectivity index (χ3v) is 3.54. The Morgan fingerprint density at radius 3 is 2.71 bits per heavy atom. The Morgan fingerprint density at radius 2 is 1.86 bits per heavy atom. The first-order chi connectivity index (χ1) is 10.2. The molecule has 4 N–H and O–H groups in total. The fourth-order valence-corrected chi connectivity index (χ4v) is 2.53. The molecule has 2 aromatic carbocycles. The average Bonchev–Trinajstić information content (AvgIpc) is 2.95. The van der Waals surface area contributed by atoms with E-state index >= 15 is 0 Å². The fourth-order valence-electron chi connectivity index (χ4n) is 2.53. The number of anilines is 1. The summed E-state index contributed by atoms with van der Waals surface area (Å²) in [5.74, 6) is -0.322. The van der Waals surface area contributed by atoms with Crippen molar-refractivity contribution >= 4 is 22.5 Å². The van der Waals surface area contributed by atoms with Gasteiger partial charge in [0.2, 0.25) is 5.91 Å². The van der Waals surface area contributed by atoms with Crippen LogP contribution in [0.3, 0.4) is 0 Å². The van der Waals surface area contributed by atoms with Crippen molar-refractivity contribution in [1.82, 2.24) is 4.98 Å². The molecule has 0 saturated carbocycles. The number of benzene rings is 2. The summed E-state index contributed by atoms with van der Waals surface area (Å²) >= 11 is 0. The van der Waals surface area contributed by atoms with E-state index < -0.39 is 0 Å². The first-order valence-electron chi connectivity index (χ1n) is 6.89. The predicted molar refractivity (Wildman–Crippen MR) is 85.0 cm³/mol. The molecule has 21 heavy (non-hydrogen) atoms. The van der Waals surface area contributed by atoms with Crippen LogP contribution >= 0.6 is 0 Å². The highest BCUT2D eigenvalue weighted by Gasteiger charge is 2.06. The molecular formula is C17H17N3O. The third-order valence-electron chi connectivity index (χ3n) is 3.54. The van der Waals surface area contributed by atoms with Gasteiger partial charge in [0.15, 0.2) is 0 Å². The SMILES string of the molecule is NC(=O)Cc1ccccc1NCc1cccc2[nH]ccc12. The quantitative estimate of drug-likeness (QED) is 0.672. The molecule has 1 heterocycles. The van der Waals surface area contributed by atoms with E-state index in [0.29, 0.717) is 6.54 Å². The number of hydrogen-bond donors (Lipinski definition) is 3. The smallest absolute Gasteiger partial charge is 0.221 e. The fraction of sp³-hybridized carbons (Fsp3) is 0.118. The van der Waals surface area contributed by atoms with E-state index in [2.05, 4.69) is 28.5 Å². The van der Waals surface area contributed by atoms with Gasteiger partial charge in [-0.1, -0.05) is 30.3 Å². The number of H-pyrrole nitrogens is 1. The maximum atomic E-state index is 11.1. The normalized spacial score (nSPS) is 10.7. The lowest BCUT2D eigenvalue weighted by Crippen LogP contribution is -2.15. The van der Waals surface area contributed by atoms with E-state index in [-0.39, 0.29) is 12.3 Å². The number of amides is 1. The van der Waals surface area contributed by atoms with E-state index in [1.807, 2.05) is 36.5 Å². The summed E-state index contributed by atoms with van der Waals surface area (Å²) in [6, 6.07) is 16.0. The van der Waals surface area contributed by atoms with E-state index in [4.69, 9.17) is 5.73 Å². The Morgan fingerprint density at radius 1 is 1.05 bits per heavy atom. The second-order valence-electron chi connectivity index (χ2n) is 5.01. The minimum absolute atomic E-state index is 0.248. The Bertz CT molecular complexity index is 776. The summed E-state index contributed by atoms with van der Waals surface area (Å²) in [5, 5.41) is 4.60. The monoisotopic (exact) mass is 279 g/mol. The molecule has 0 radical (unpaired) electrons. The molecule has 3 rings (SSSR count). The van der Waals surface area contributed by atoms with Gasteiger partial charge in [-0.15, -0.1) is 0 Å². The molecule has 0 unspecified atom stereocenters. The zero-order chi connectivity index (χ0) is 14.7. The third kappa shape index (κ3) is 2.89. The molecular weight excluding hydrogens is 262 g/mol. The maximum Gasteiger partial charge on any atom is 0.221 e. The zero-order valence-electron chi connectivity index (χ0n) is 11.6. The van der Waals surface area contributed by atoms with Crippen LogP contribution in [-0.2, 0) is 17.8 Å². The molecule has 0 bridgehead atoms. The molecule has 0 atom stereocenters. The highest BCUT2D eigenvalue weighted by Crippen LogP contribution is 2.21. The predicted octanol–water partition coefficient (Wildman–Crippen LogP) is 2.81. The van der Waals surface area contributed by atoms with Crippen molar-refractivity contribution < 1.29 is 4.79 Å². The Hall–Kier alpha value is -2.75. The zero-order valence-corrected chi connectivity index (χ0v) is 11.6. The van der Waals surface area contributed by atoms with Crippen LogP contribution in [-0.4, -0.2) is 10.9 Å². The van der Waals surface area contributed by atoms with Gasteiger partial charge in [0.05, 0.1) is 6.42 Å². The van der Waals surface area contributed by atoms with E-state index in [1.54, 1.807) is 0 Å². The largest absolute Gasteiger partial charge is 0.381 e. The number of carbonyl (C=O) groups excluding carboxylic acids is 1. The molecule has 0 fully saturated rings. The summed E-state index contributed by atoms with van der Waals surface area (Å²) in [4.78, 5) is 14.3. The Labute approximate surface area is 123 Å². The lowest BCUT2D eigenvalue weighted by atomic mass is 10.1.